The Bertz CT molecular complexity index is 1340. The summed E-state index contributed by atoms with van der Waals surface area (Å²) >= 11 is 0. The van der Waals surface area contributed by atoms with E-state index in [2.05, 4.69) is 30.0 Å². The highest BCUT2D eigenvalue weighted by Gasteiger charge is 2.58. The van der Waals surface area contributed by atoms with Gasteiger partial charge in [0, 0.05) is 18.7 Å². The van der Waals surface area contributed by atoms with E-state index < -0.39 is 17.7 Å². The molecule has 192 valence electrons. The van der Waals surface area contributed by atoms with Gasteiger partial charge in [-0.3, -0.25) is 0 Å². The van der Waals surface area contributed by atoms with Gasteiger partial charge in [0.1, 0.15) is 18.0 Å². The number of anilines is 1. The third kappa shape index (κ3) is 4.55. The molecule has 1 aromatic heterocycles. The molecule has 2 aromatic carbocycles. The van der Waals surface area contributed by atoms with Crippen molar-refractivity contribution < 1.29 is 24.1 Å². The quantitative estimate of drug-likeness (QED) is 0.505. The van der Waals surface area contributed by atoms with E-state index in [1.54, 1.807) is 6.92 Å². The number of rotatable bonds is 6. The summed E-state index contributed by atoms with van der Waals surface area (Å²) < 4.78 is 17.0. The van der Waals surface area contributed by atoms with Crippen molar-refractivity contribution >= 4 is 11.9 Å². The minimum atomic E-state index is -0.939. The summed E-state index contributed by atoms with van der Waals surface area (Å²) in [6.07, 6.45) is 2.22. The molecule has 0 radical (unpaired) electrons. The Kier molecular flexibility index (Phi) is 6.09. The Labute approximate surface area is 216 Å². The van der Waals surface area contributed by atoms with Gasteiger partial charge in [0.2, 0.25) is 5.95 Å². The molecule has 8 nitrogen and oxygen atoms in total. The molecule has 0 spiro atoms. The Morgan fingerprint density at radius 3 is 2.65 bits per heavy atom. The van der Waals surface area contributed by atoms with Crippen molar-refractivity contribution in [2.45, 2.75) is 51.4 Å². The van der Waals surface area contributed by atoms with Crippen molar-refractivity contribution in [1.29, 1.82) is 0 Å². The molecule has 8 heteroatoms. The highest BCUT2D eigenvalue weighted by Crippen LogP contribution is 2.46. The number of benzene rings is 2. The number of epoxide rings is 1. The first-order valence-corrected chi connectivity index (χ1v) is 12.9. The summed E-state index contributed by atoms with van der Waals surface area (Å²) in [5, 5.41) is 9.20. The van der Waals surface area contributed by atoms with Crippen LogP contribution in [0.5, 0.6) is 5.75 Å². The standard InChI is InChI=1S/C29H31N3O5/c1-18-25-23-16-19(17-36-22-10-8-21(9-11-22)29(2)26(37-29)27(33)34)6-7-20(23)4-3-5-24(25)31-28(30-18)32-12-14-35-15-13-32/h6-11,16,26H,3-5,12-15,17H2,1-2H3,(H,33,34)/t26-,29+/m1/s1. The third-order valence-electron chi connectivity index (χ3n) is 7.61. The highest BCUT2D eigenvalue weighted by molar-refractivity contribution is 5.77. The number of morpholine rings is 1. The summed E-state index contributed by atoms with van der Waals surface area (Å²) in [7, 11) is 0. The molecule has 0 unspecified atom stereocenters. The Hall–Kier alpha value is -3.49. The number of hydrogen-bond donors (Lipinski definition) is 1. The van der Waals surface area contributed by atoms with E-state index in [-0.39, 0.29) is 0 Å². The molecule has 37 heavy (non-hydrogen) atoms. The van der Waals surface area contributed by atoms with Crippen LogP contribution in [0.4, 0.5) is 5.95 Å². The molecule has 0 bridgehead atoms. The monoisotopic (exact) mass is 501 g/mol. The van der Waals surface area contributed by atoms with Gasteiger partial charge in [-0.1, -0.05) is 24.3 Å². The molecule has 0 amide bonds. The van der Waals surface area contributed by atoms with E-state index in [1.165, 1.54) is 11.1 Å². The summed E-state index contributed by atoms with van der Waals surface area (Å²) in [4.78, 5) is 23.4. The highest BCUT2D eigenvalue weighted by atomic mass is 16.6. The summed E-state index contributed by atoms with van der Waals surface area (Å²) in [5.41, 5.74) is 6.96. The molecule has 2 atom stereocenters. The zero-order chi connectivity index (χ0) is 25.6. The number of nitrogens with zero attached hydrogens (tertiary/aromatic N) is 3. The van der Waals surface area contributed by atoms with Crippen LogP contribution in [-0.4, -0.2) is 53.5 Å². The Morgan fingerprint density at radius 1 is 1.14 bits per heavy atom. The number of hydrogen-bond acceptors (Lipinski definition) is 7. The van der Waals surface area contributed by atoms with E-state index >= 15 is 0 Å². The van der Waals surface area contributed by atoms with E-state index in [4.69, 9.17) is 24.2 Å². The zero-order valence-electron chi connectivity index (χ0n) is 21.2. The fourth-order valence-electron chi connectivity index (χ4n) is 5.43. The molecule has 2 saturated heterocycles. The van der Waals surface area contributed by atoms with Crippen molar-refractivity contribution in [3.63, 3.8) is 0 Å². The lowest BCUT2D eigenvalue weighted by molar-refractivity contribution is -0.138. The molecule has 3 aliphatic rings. The first-order valence-electron chi connectivity index (χ1n) is 12.9. The van der Waals surface area contributed by atoms with Gasteiger partial charge < -0.3 is 24.2 Å². The predicted octanol–water partition coefficient (Wildman–Crippen LogP) is 4.05. The fraction of sp³-hybridized carbons (Fsp3) is 0.414. The number of ether oxygens (including phenoxy) is 3. The van der Waals surface area contributed by atoms with Gasteiger partial charge >= 0.3 is 5.97 Å². The number of aryl methyl sites for hydroxylation is 3. The van der Waals surface area contributed by atoms with Gasteiger partial charge in [-0.05, 0) is 73.6 Å². The average Bonchev–Trinajstić information content (AvgIpc) is 3.65. The van der Waals surface area contributed by atoms with Crippen molar-refractivity contribution in [3.8, 4) is 16.9 Å². The van der Waals surface area contributed by atoms with Crippen LogP contribution in [0.3, 0.4) is 0 Å². The molecule has 6 rings (SSSR count). The molecule has 3 aromatic rings. The smallest absolute Gasteiger partial charge is 0.336 e. The van der Waals surface area contributed by atoms with Crippen LogP contribution >= 0.6 is 0 Å². The number of carbonyl (C=O) groups is 1. The maximum absolute atomic E-state index is 11.2. The van der Waals surface area contributed by atoms with Crippen LogP contribution in [0.15, 0.2) is 42.5 Å². The molecular weight excluding hydrogens is 470 g/mol. The Morgan fingerprint density at radius 2 is 1.92 bits per heavy atom. The van der Waals surface area contributed by atoms with Crippen LogP contribution in [-0.2, 0) is 39.3 Å². The maximum Gasteiger partial charge on any atom is 0.336 e. The molecule has 0 saturated carbocycles. The summed E-state index contributed by atoms with van der Waals surface area (Å²) in [6, 6.07) is 14.0. The van der Waals surface area contributed by atoms with Gasteiger partial charge in [0.05, 0.1) is 24.6 Å². The van der Waals surface area contributed by atoms with Crippen molar-refractivity contribution in [2.24, 2.45) is 0 Å². The van der Waals surface area contributed by atoms with Gasteiger partial charge in [-0.2, -0.15) is 0 Å². The van der Waals surface area contributed by atoms with Gasteiger partial charge in [-0.25, -0.2) is 14.8 Å². The minimum absolute atomic E-state index is 0.430. The topological polar surface area (TPSA) is 97.3 Å². The summed E-state index contributed by atoms with van der Waals surface area (Å²) in [6.45, 7) is 7.38. The Balaban J connectivity index is 1.21. The minimum Gasteiger partial charge on any atom is -0.489 e. The van der Waals surface area contributed by atoms with Gasteiger partial charge in [-0.15, -0.1) is 0 Å². The number of aliphatic carboxylic acids is 1. The zero-order valence-corrected chi connectivity index (χ0v) is 21.2. The normalized spacial score (nSPS) is 22.5. The van der Waals surface area contributed by atoms with E-state index in [1.807, 2.05) is 24.3 Å². The van der Waals surface area contributed by atoms with E-state index in [0.29, 0.717) is 19.8 Å². The second-order valence-corrected chi connectivity index (χ2v) is 10.1. The maximum atomic E-state index is 11.2. The lowest BCUT2D eigenvalue weighted by Crippen LogP contribution is -2.37. The molecule has 3 heterocycles. The number of fused-ring (bicyclic) bond motifs is 3. The molecule has 2 fully saturated rings. The first-order chi connectivity index (χ1) is 17.9. The molecule has 1 N–H and O–H groups in total. The second-order valence-electron chi connectivity index (χ2n) is 10.1. The van der Waals surface area contributed by atoms with Crippen LogP contribution < -0.4 is 9.64 Å². The molecule has 2 aliphatic heterocycles. The molecule has 1 aliphatic carbocycles. The van der Waals surface area contributed by atoms with E-state index in [9.17, 15) is 9.90 Å². The van der Waals surface area contributed by atoms with Crippen molar-refractivity contribution in [3.05, 3.63) is 70.5 Å². The van der Waals surface area contributed by atoms with Crippen LogP contribution in [0.2, 0.25) is 0 Å². The lowest BCUT2D eigenvalue weighted by Gasteiger charge is -2.28. The van der Waals surface area contributed by atoms with Crippen LogP contribution in [0.1, 0.15) is 41.4 Å². The largest absolute Gasteiger partial charge is 0.489 e. The second kappa shape index (κ2) is 9.43. The number of aromatic nitrogens is 2. The third-order valence-corrected chi connectivity index (χ3v) is 7.61. The number of carboxylic acid groups (broad SMARTS) is 1. The van der Waals surface area contributed by atoms with Crippen LogP contribution in [0.25, 0.3) is 11.1 Å². The first kappa shape index (κ1) is 23.9. The number of carboxylic acids is 1. The van der Waals surface area contributed by atoms with Crippen molar-refractivity contribution in [1.82, 2.24) is 9.97 Å². The van der Waals surface area contributed by atoms with Gasteiger partial charge in [0.15, 0.2) is 6.10 Å². The SMILES string of the molecule is Cc1nc(N2CCOCC2)nc2c1-c1cc(COc3ccc([C@]4(C)O[C@@H]4C(=O)O)cc3)ccc1CCC2. The van der Waals surface area contributed by atoms with E-state index in [0.717, 1.165) is 72.1 Å². The molecular formula is C29H31N3O5. The average molecular weight is 502 g/mol. The van der Waals surface area contributed by atoms with Gasteiger partial charge in [0.25, 0.3) is 0 Å². The lowest BCUT2D eigenvalue weighted by atomic mass is 9.95. The summed E-state index contributed by atoms with van der Waals surface area (Å²) in [5.74, 6) is 0.599. The predicted molar refractivity (Wildman–Crippen MR) is 138 cm³/mol. The fourth-order valence-corrected chi connectivity index (χ4v) is 5.43. The van der Waals surface area contributed by atoms with Crippen molar-refractivity contribution in [2.75, 3.05) is 31.2 Å². The van der Waals surface area contributed by atoms with Crippen LogP contribution in [0, 0.1) is 6.92 Å².